The number of ether oxygens (including phenoxy) is 2. The van der Waals surface area contributed by atoms with E-state index in [1.54, 1.807) is 47.6 Å². The molecule has 0 bridgehead atoms. The maximum atomic E-state index is 13.8. The molecule has 6 nitrogen and oxygen atoms in total. The zero-order valence-corrected chi connectivity index (χ0v) is 23.8. The summed E-state index contributed by atoms with van der Waals surface area (Å²) in [6, 6.07) is 15.1. The van der Waals surface area contributed by atoms with Gasteiger partial charge in [0.1, 0.15) is 24.7 Å². The van der Waals surface area contributed by atoms with Crippen molar-refractivity contribution in [3.8, 4) is 11.5 Å². The predicted octanol–water partition coefficient (Wildman–Crippen LogP) is 6.07. The molecule has 2 heterocycles. The molecule has 0 saturated heterocycles. The van der Waals surface area contributed by atoms with Crippen LogP contribution in [-0.2, 0) is 11.2 Å². The molecule has 2 atom stereocenters. The van der Waals surface area contributed by atoms with Crippen LogP contribution in [0.2, 0.25) is 0 Å². The first kappa shape index (κ1) is 27.7. The van der Waals surface area contributed by atoms with Crippen LogP contribution in [0.25, 0.3) is 0 Å². The van der Waals surface area contributed by atoms with Crippen molar-refractivity contribution in [1.82, 2.24) is 9.80 Å². The van der Waals surface area contributed by atoms with Gasteiger partial charge in [-0.15, -0.1) is 11.3 Å². The summed E-state index contributed by atoms with van der Waals surface area (Å²) < 4.78 is 11.5. The smallest absolute Gasteiger partial charge is 0.254 e. The first-order chi connectivity index (χ1) is 18.3. The van der Waals surface area contributed by atoms with Crippen LogP contribution in [0.5, 0.6) is 11.5 Å². The fourth-order valence-corrected chi connectivity index (χ4v) is 5.83. The fraction of sp³-hybridized carbons (Fsp3) is 0.419. The summed E-state index contributed by atoms with van der Waals surface area (Å²) in [5.41, 5.74) is 3.96. The highest BCUT2D eigenvalue weighted by Gasteiger charge is 2.34. The van der Waals surface area contributed by atoms with Gasteiger partial charge in [-0.1, -0.05) is 38.0 Å². The lowest BCUT2D eigenvalue weighted by Crippen LogP contribution is -2.48. The Labute approximate surface area is 230 Å². The molecular formula is C31H38N2O4S. The third-order valence-electron chi connectivity index (χ3n) is 7.32. The predicted molar refractivity (Wildman–Crippen MR) is 152 cm³/mol. The molecule has 0 unspecified atom stereocenters. The average Bonchev–Trinajstić information content (AvgIpc) is 3.41. The van der Waals surface area contributed by atoms with Crippen LogP contribution in [0, 0.1) is 19.8 Å². The summed E-state index contributed by atoms with van der Waals surface area (Å²) in [5, 5.41) is 2.09. The van der Waals surface area contributed by atoms with Gasteiger partial charge in [0.25, 0.3) is 5.91 Å². The van der Waals surface area contributed by atoms with E-state index in [-0.39, 0.29) is 30.3 Å². The highest BCUT2D eigenvalue weighted by atomic mass is 32.1. The largest absolute Gasteiger partial charge is 0.497 e. The minimum atomic E-state index is -0.195. The van der Waals surface area contributed by atoms with E-state index >= 15 is 0 Å². The molecule has 0 radical (unpaired) electrons. The Kier molecular flexibility index (Phi) is 9.10. The van der Waals surface area contributed by atoms with Crippen LogP contribution < -0.4 is 9.47 Å². The monoisotopic (exact) mass is 534 g/mol. The zero-order valence-electron chi connectivity index (χ0n) is 23.0. The van der Waals surface area contributed by atoms with Gasteiger partial charge in [-0.25, -0.2) is 0 Å². The van der Waals surface area contributed by atoms with E-state index in [4.69, 9.17) is 9.47 Å². The van der Waals surface area contributed by atoms with Gasteiger partial charge in [0.2, 0.25) is 5.91 Å². The lowest BCUT2D eigenvalue weighted by Gasteiger charge is -2.37. The first-order valence-corrected chi connectivity index (χ1v) is 14.2. The standard InChI is InChI=1S/C31H38N2O4S/c1-6-21(2)18-32(31(35)24-8-10-25(36-5)11-9-24)19-30(34)33-15-13-29-26(14-16-38-29)27(33)20-37-28-12-7-22(3)17-23(28)4/h7-12,14,16-17,21,27H,6,13,15,18-20H2,1-5H3/t21-,27+/m0/s1. The van der Waals surface area contributed by atoms with Crippen LogP contribution >= 0.6 is 11.3 Å². The maximum absolute atomic E-state index is 13.8. The highest BCUT2D eigenvalue weighted by molar-refractivity contribution is 7.10. The molecule has 1 aromatic heterocycles. The summed E-state index contributed by atoms with van der Waals surface area (Å²) in [5.74, 6) is 1.61. The van der Waals surface area contributed by atoms with Crippen molar-refractivity contribution in [2.75, 3.05) is 33.4 Å². The van der Waals surface area contributed by atoms with Crippen molar-refractivity contribution < 1.29 is 19.1 Å². The number of carbonyl (C=O) groups is 2. The van der Waals surface area contributed by atoms with E-state index in [0.717, 1.165) is 29.7 Å². The van der Waals surface area contributed by atoms with Gasteiger partial charge >= 0.3 is 0 Å². The van der Waals surface area contributed by atoms with Crippen molar-refractivity contribution in [2.45, 2.75) is 46.6 Å². The number of aryl methyl sites for hydroxylation is 2. The Morgan fingerprint density at radius 3 is 2.58 bits per heavy atom. The molecule has 0 N–H and O–H groups in total. The van der Waals surface area contributed by atoms with Crippen LogP contribution in [0.4, 0.5) is 0 Å². The SMILES string of the molecule is CC[C@H](C)CN(CC(=O)N1CCc2sccc2[C@H]1COc1ccc(C)cc1C)C(=O)c1ccc(OC)cc1. The number of carbonyl (C=O) groups excluding carboxylic acids is 2. The molecule has 202 valence electrons. The zero-order chi connectivity index (χ0) is 27.2. The van der Waals surface area contributed by atoms with Gasteiger partial charge in [-0.05, 0) is 79.1 Å². The average molecular weight is 535 g/mol. The van der Waals surface area contributed by atoms with E-state index < -0.39 is 0 Å². The van der Waals surface area contributed by atoms with Gasteiger partial charge < -0.3 is 19.3 Å². The van der Waals surface area contributed by atoms with E-state index in [2.05, 4.69) is 38.3 Å². The normalized spacial score (nSPS) is 15.5. The molecule has 7 heteroatoms. The Morgan fingerprint density at radius 2 is 1.89 bits per heavy atom. The molecule has 4 rings (SSSR count). The molecule has 2 aromatic carbocycles. The Bertz CT molecular complexity index is 1250. The quantitative estimate of drug-likeness (QED) is 0.317. The van der Waals surface area contributed by atoms with Gasteiger partial charge in [-0.2, -0.15) is 0 Å². The molecule has 0 saturated carbocycles. The van der Waals surface area contributed by atoms with E-state index in [9.17, 15) is 9.59 Å². The number of rotatable bonds is 10. The molecule has 0 aliphatic carbocycles. The van der Waals surface area contributed by atoms with Gasteiger partial charge in [0.15, 0.2) is 0 Å². The Morgan fingerprint density at radius 1 is 1.13 bits per heavy atom. The second-order valence-corrected chi connectivity index (χ2v) is 11.2. The lowest BCUT2D eigenvalue weighted by atomic mass is 10.00. The minimum absolute atomic E-state index is 0.0364. The van der Waals surface area contributed by atoms with Gasteiger partial charge in [-0.3, -0.25) is 9.59 Å². The number of fused-ring (bicyclic) bond motifs is 1. The number of benzene rings is 2. The number of nitrogens with zero attached hydrogens (tertiary/aromatic N) is 2. The van der Waals surface area contributed by atoms with Crippen LogP contribution in [0.3, 0.4) is 0 Å². The summed E-state index contributed by atoms with van der Waals surface area (Å²) in [7, 11) is 1.60. The van der Waals surface area contributed by atoms with E-state index in [1.165, 1.54) is 10.4 Å². The third-order valence-corrected chi connectivity index (χ3v) is 8.32. The van der Waals surface area contributed by atoms with Crippen LogP contribution in [0.15, 0.2) is 53.9 Å². The summed E-state index contributed by atoms with van der Waals surface area (Å²) in [6.07, 6.45) is 1.74. The van der Waals surface area contributed by atoms with Gasteiger partial charge in [0.05, 0.1) is 13.2 Å². The molecule has 0 spiro atoms. The van der Waals surface area contributed by atoms with Crippen LogP contribution in [0.1, 0.15) is 58.2 Å². The summed E-state index contributed by atoms with van der Waals surface area (Å²) in [6.45, 7) is 9.86. The molecule has 38 heavy (non-hydrogen) atoms. The fourth-order valence-electron chi connectivity index (χ4n) is 4.90. The number of thiophene rings is 1. The number of methoxy groups -OCH3 is 1. The van der Waals surface area contributed by atoms with E-state index in [1.807, 2.05) is 24.0 Å². The molecular weight excluding hydrogens is 496 g/mol. The minimum Gasteiger partial charge on any atom is -0.497 e. The Balaban J connectivity index is 1.54. The van der Waals surface area contributed by atoms with Crippen LogP contribution in [-0.4, -0.2) is 55.0 Å². The number of hydrogen-bond donors (Lipinski definition) is 0. The van der Waals surface area contributed by atoms with Gasteiger partial charge in [0, 0.05) is 23.5 Å². The van der Waals surface area contributed by atoms with Crippen molar-refractivity contribution >= 4 is 23.2 Å². The van der Waals surface area contributed by atoms with Crippen molar-refractivity contribution in [1.29, 1.82) is 0 Å². The number of hydrogen-bond acceptors (Lipinski definition) is 5. The second kappa shape index (κ2) is 12.5. The van der Waals surface area contributed by atoms with Crippen molar-refractivity contribution in [2.24, 2.45) is 5.92 Å². The lowest BCUT2D eigenvalue weighted by molar-refractivity contribution is -0.135. The highest BCUT2D eigenvalue weighted by Crippen LogP contribution is 2.34. The number of amides is 2. The second-order valence-electron chi connectivity index (χ2n) is 10.2. The topological polar surface area (TPSA) is 59.1 Å². The molecule has 0 fully saturated rings. The third kappa shape index (κ3) is 6.38. The molecule has 1 aliphatic rings. The molecule has 1 aliphatic heterocycles. The maximum Gasteiger partial charge on any atom is 0.254 e. The molecule has 2 amide bonds. The molecule has 3 aromatic rings. The van der Waals surface area contributed by atoms with Crippen molar-refractivity contribution in [3.05, 3.63) is 81.0 Å². The van der Waals surface area contributed by atoms with E-state index in [0.29, 0.717) is 31.0 Å². The summed E-state index contributed by atoms with van der Waals surface area (Å²) in [4.78, 5) is 32.3. The Hall–Kier alpha value is -3.32. The van der Waals surface area contributed by atoms with Crippen molar-refractivity contribution in [3.63, 3.8) is 0 Å². The summed E-state index contributed by atoms with van der Waals surface area (Å²) >= 11 is 1.73. The first-order valence-electron chi connectivity index (χ1n) is 13.3.